The second-order valence-corrected chi connectivity index (χ2v) is 3.37. The number of hydrogen-bond donors (Lipinski definition) is 1. The van der Waals surface area contributed by atoms with Gasteiger partial charge in [-0.1, -0.05) is 6.07 Å². The predicted molar refractivity (Wildman–Crippen MR) is 49.7 cm³/mol. The van der Waals surface area contributed by atoms with Gasteiger partial charge < -0.3 is 5.73 Å². The predicted octanol–water partition coefficient (Wildman–Crippen LogP) is 2.15. The fraction of sp³-hybridized carbons (Fsp3) is 0.375. The molecule has 1 atom stereocenters. The maximum absolute atomic E-state index is 12.4. The molecule has 0 aromatic carbocycles. The lowest BCUT2D eigenvalue weighted by Crippen LogP contribution is -2.20. The van der Waals surface area contributed by atoms with Crippen molar-refractivity contribution in [3.63, 3.8) is 0 Å². The van der Waals surface area contributed by atoms with Crippen molar-refractivity contribution in [1.82, 2.24) is 4.98 Å². The van der Waals surface area contributed by atoms with E-state index in [4.69, 9.17) is 5.73 Å². The number of rotatable bonds is 3. The monoisotopic (exact) mass is 250 g/mol. The summed E-state index contributed by atoms with van der Waals surface area (Å²) in [5.74, 6) is -0.975. The standard InChI is InChI=1S/C8H9BrF2N2/c9-7-3-1-2-6(13-7)5(4-12)8(10)11/h1-3,5,8H,4,12H2. The number of alkyl halides is 2. The second kappa shape index (κ2) is 4.62. The molecule has 1 aromatic heterocycles. The van der Waals surface area contributed by atoms with Gasteiger partial charge in [0, 0.05) is 6.54 Å². The number of nitrogens with zero attached hydrogens (tertiary/aromatic N) is 1. The molecule has 13 heavy (non-hydrogen) atoms. The molecule has 0 amide bonds. The molecule has 0 aliphatic rings. The summed E-state index contributed by atoms with van der Waals surface area (Å²) in [7, 11) is 0. The van der Waals surface area contributed by atoms with Crippen molar-refractivity contribution >= 4 is 15.9 Å². The van der Waals surface area contributed by atoms with Crippen LogP contribution in [0.4, 0.5) is 8.78 Å². The van der Waals surface area contributed by atoms with Crippen LogP contribution in [0, 0.1) is 0 Å². The summed E-state index contributed by atoms with van der Waals surface area (Å²) in [6.07, 6.45) is -2.47. The summed E-state index contributed by atoms with van der Waals surface area (Å²) in [5.41, 5.74) is 5.55. The summed E-state index contributed by atoms with van der Waals surface area (Å²) in [6.45, 7) is -0.0961. The van der Waals surface area contributed by atoms with Crippen LogP contribution in [0.2, 0.25) is 0 Å². The molecule has 1 unspecified atom stereocenters. The van der Waals surface area contributed by atoms with Crippen molar-refractivity contribution in [2.24, 2.45) is 5.73 Å². The van der Waals surface area contributed by atoms with Crippen molar-refractivity contribution < 1.29 is 8.78 Å². The molecule has 2 N–H and O–H groups in total. The summed E-state index contributed by atoms with van der Waals surface area (Å²) in [6, 6.07) is 4.90. The third kappa shape index (κ3) is 2.70. The maximum atomic E-state index is 12.4. The number of pyridine rings is 1. The average molecular weight is 251 g/mol. The lowest BCUT2D eigenvalue weighted by molar-refractivity contribution is 0.115. The number of aromatic nitrogens is 1. The van der Waals surface area contributed by atoms with E-state index in [-0.39, 0.29) is 6.54 Å². The van der Waals surface area contributed by atoms with Gasteiger partial charge in [-0.15, -0.1) is 0 Å². The first kappa shape index (κ1) is 10.5. The Morgan fingerprint density at radius 2 is 2.15 bits per heavy atom. The Balaban J connectivity index is 2.91. The zero-order valence-corrected chi connectivity index (χ0v) is 8.34. The summed E-state index contributed by atoms with van der Waals surface area (Å²) >= 11 is 3.11. The van der Waals surface area contributed by atoms with E-state index < -0.39 is 12.3 Å². The van der Waals surface area contributed by atoms with E-state index in [0.29, 0.717) is 10.3 Å². The summed E-state index contributed by atoms with van der Waals surface area (Å²) in [5, 5.41) is 0. The molecule has 0 spiro atoms. The van der Waals surface area contributed by atoms with Gasteiger partial charge in [-0.25, -0.2) is 13.8 Å². The van der Waals surface area contributed by atoms with Crippen LogP contribution in [0.3, 0.4) is 0 Å². The van der Waals surface area contributed by atoms with Crippen LogP contribution in [0.5, 0.6) is 0 Å². The minimum Gasteiger partial charge on any atom is -0.330 e. The van der Waals surface area contributed by atoms with E-state index in [1.54, 1.807) is 18.2 Å². The molecule has 0 fully saturated rings. The van der Waals surface area contributed by atoms with Crippen molar-refractivity contribution in [2.75, 3.05) is 6.54 Å². The van der Waals surface area contributed by atoms with Gasteiger partial charge in [-0.2, -0.15) is 0 Å². The van der Waals surface area contributed by atoms with Crippen LogP contribution in [0.15, 0.2) is 22.8 Å². The third-order valence-electron chi connectivity index (χ3n) is 1.67. The smallest absolute Gasteiger partial charge is 0.248 e. The SMILES string of the molecule is NCC(c1cccc(Br)n1)C(F)F. The molecule has 0 bridgehead atoms. The maximum Gasteiger partial charge on any atom is 0.248 e. The van der Waals surface area contributed by atoms with E-state index in [1.165, 1.54) is 0 Å². The number of halogens is 3. The fourth-order valence-corrected chi connectivity index (χ4v) is 1.34. The van der Waals surface area contributed by atoms with Crippen molar-refractivity contribution in [3.8, 4) is 0 Å². The number of nitrogens with two attached hydrogens (primary N) is 1. The molecule has 1 aromatic rings. The Kier molecular flexibility index (Phi) is 3.74. The van der Waals surface area contributed by atoms with E-state index in [0.717, 1.165) is 0 Å². The van der Waals surface area contributed by atoms with Gasteiger partial charge in [0.25, 0.3) is 0 Å². The summed E-state index contributed by atoms with van der Waals surface area (Å²) < 4.78 is 25.3. The molecular weight excluding hydrogens is 242 g/mol. The largest absolute Gasteiger partial charge is 0.330 e. The van der Waals surface area contributed by atoms with Crippen LogP contribution in [-0.4, -0.2) is 18.0 Å². The highest BCUT2D eigenvalue weighted by Gasteiger charge is 2.21. The molecular formula is C8H9BrF2N2. The Morgan fingerprint density at radius 1 is 1.46 bits per heavy atom. The molecule has 0 aliphatic carbocycles. The first-order valence-corrected chi connectivity index (χ1v) is 4.55. The first-order chi connectivity index (χ1) is 6.15. The van der Waals surface area contributed by atoms with Crippen LogP contribution in [0.1, 0.15) is 11.6 Å². The highest BCUT2D eigenvalue weighted by Crippen LogP contribution is 2.21. The minimum atomic E-state index is -2.47. The van der Waals surface area contributed by atoms with E-state index >= 15 is 0 Å². The van der Waals surface area contributed by atoms with Gasteiger partial charge >= 0.3 is 0 Å². The molecule has 5 heteroatoms. The fourth-order valence-electron chi connectivity index (χ4n) is 0.983. The van der Waals surface area contributed by atoms with E-state index in [2.05, 4.69) is 20.9 Å². The average Bonchev–Trinajstić information content (AvgIpc) is 2.04. The molecule has 1 heterocycles. The molecule has 1 rings (SSSR count). The van der Waals surface area contributed by atoms with Gasteiger partial charge in [0.2, 0.25) is 6.43 Å². The van der Waals surface area contributed by atoms with Gasteiger partial charge in [0.15, 0.2) is 0 Å². The van der Waals surface area contributed by atoms with E-state index in [9.17, 15) is 8.78 Å². The third-order valence-corrected chi connectivity index (χ3v) is 2.12. The molecule has 0 radical (unpaired) electrons. The molecule has 2 nitrogen and oxygen atoms in total. The normalized spacial score (nSPS) is 13.3. The van der Waals surface area contributed by atoms with Gasteiger partial charge in [0.1, 0.15) is 4.60 Å². The van der Waals surface area contributed by atoms with Crippen molar-refractivity contribution in [3.05, 3.63) is 28.5 Å². The van der Waals surface area contributed by atoms with Gasteiger partial charge in [0.05, 0.1) is 11.6 Å². The Labute approximate surface area is 83.3 Å². The minimum absolute atomic E-state index is 0.0961. The Morgan fingerprint density at radius 3 is 2.62 bits per heavy atom. The Bertz CT molecular complexity index is 281. The zero-order chi connectivity index (χ0) is 9.84. The lowest BCUT2D eigenvalue weighted by Gasteiger charge is -2.12. The topological polar surface area (TPSA) is 38.9 Å². The van der Waals surface area contributed by atoms with Crippen LogP contribution in [-0.2, 0) is 0 Å². The quantitative estimate of drug-likeness (QED) is 0.836. The van der Waals surface area contributed by atoms with Crippen LogP contribution in [0.25, 0.3) is 0 Å². The molecule has 0 saturated heterocycles. The van der Waals surface area contributed by atoms with Crippen LogP contribution < -0.4 is 5.73 Å². The van der Waals surface area contributed by atoms with Crippen molar-refractivity contribution in [2.45, 2.75) is 12.3 Å². The number of hydrogen-bond acceptors (Lipinski definition) is 2. The highest BCUT2D eigenvalue weighted by molar-refractivity contribution is 9.10. The second-order valence-electron chi connectivity index (χ2n) is 2.56. The van der Waals surface area contributed by atoms with Crippen LogP contribution >= 0.6 is 15.9 Å². The Hall–Kier alpha value is -0.550. The van der Waals surface area contributed by atoms with Gasteiger partial charge in [-0.05, 0) is 28.1 Å². The van der Waals surface area contributed by atoms with E-state index in [1.807, 2.05) is 0 Å². The molecule has 0 saturated carbocycles. The zero-order valence-electron chi connectivity index (χ0n) is 6.75. The molecule has 72 valence electrons. The van der Waals surface area contributed by atoms with Crippen molar-refractivity contribution in [1.29, 1.82) is 0 Å². The first-order valence-electron chi connectivity index (χ1n) is 3.76. The highest BCUT2D eigenvalue weighted by atomic mass is 79.9. The summed E-state index contributed by atoms with van der Waals surface area (Å²) in [4.78, 5) is 3.92. The molecule has 0 aliphatic heterocycles. The lowest BCUT2D eigenvalue weighted by atomic mass is 10.1. The van der Waals surface area contributed by atoms with Gasteiger partial charge in [-0.3, -0.25) is 0 Å².